The standard InChI is InChI=1S/C8H13F2NO4/c9-7(10)4-15-6-1-5(3-12)11(2-6)8(13)14/h5-7,12H,1-4H2,(H,13,14)/t5?,6-/m1/s1. The maximum absolute atomic E-state index is 11.8. The van der Waals surface area contributed by atoms with E-state index in [0.29, 0.717) is 0 Å². The van der Waals surface area contributed by atoms with Crippen LogP contribution in [0.1, 0.15) is 6.42 Å². The SMILES string of the molecule is O=C(O)N1C[C@H](OCC(F)F)CC1CO. The highest BCUT2D eigenvalue weighted by molar-refractivity contribution is 5.66. The lowest BCUT2D eigenvalue weighted by molar-refractivity contribution is -0.0194. The molecule has 0 spiro atoms. The van der Waals surface area contributed by atoms with Crippen LogP contribution >= 0.6 is 0 Å². The quantitative estimate of drug-likeness (QED) is 0.725. The Bertz CT molecular complexity index is 227. The number of carboxylic acid groups (broad SMARTS) is 1. The molecule has 0 bridgehead atoms. The Morgan fingerprint density at radius 1 is 1.60 bits per heavy atom. The van der Waals surface area contributed by atoms with Crippen molar-refractivity contribution in [2.24, 2.45) is 0 Å². The van der Waals surface area contributed by atoms with Gasteiger partial charge in [-0.1, -0.05) is 0 Å². The number of hydrogen-bond acceptors (Lipinski definition) is 3. The van der Waals surface area contributed by atoms with Crippen LogP contribution in [0.25, 0.3) is 0 Å². The number of likely N-dealkylation sites (tertiary alicyclic amines) is 1. The van der Waals surface area contributed by atoms with Gasteiger partial charge in [0.2, 0.25) is 0 Å². The van der Waals surface area contributed by atoms with E-state index in [1.54, 1.807) is 0 Å². The number of nitrogens with zero attached hydrogens (tertiary/aromatic N) is 1. The van der Waals surface area contributed by atoms with Gasteiger partial charge in [-0.15, -0.1) is 0 Å². The predicted molar refractivity (Wildman–Crippen MR) is 46.0 cm³/mol. The molecule has 1 unspecified atom stereocenters. The lowest BCUT2D eigenvalue weighted by Crippen LogP contribution is -2.36. The molecule has 15 heavy (non-hydrogen) atoms. The molecule has 2 atom stereocenters. The van der Waals surface area contributed by atoms with Crippen molar-refractivity contribution in [1.29, 1.82) is 0 Å². The first-order chi connectivity index (χ1) is 7.04. The van der Waals surface area contributed by atoms with Gasteiger partial charge in [0.1, 0.15) is 6.61 Å². The molecular weight excluding hydrogens is 212 g/mol. The van der Waals surface area contributed by atoms with Gasteiger partial charge < -0.3 is 19.8 Å². The van der Waals surface area contributed by atoms with Crippen LogP contribution in [0.5, 0.6) is 0 Å². The molecule has 1 rings (SSSR count). The normalized spacial score (nSPS) is 26.3. The van der Waals surface area contributed by atoms with Gasteiger partial charge in [0, 0.05) is 0 Å². The highest BCUT2D eigenvalue weighted by atomic mass is 19.3. The molecule has 2 N–H and O–H groups in total. The summed E-state index contributed by atoms with van der Waals surface area (Å²) in [5.74, 6) is 0. The van der Waals surface area contributed by atoms with Crippen LogP contribution in [0, 0.1) is 0 Å². The summed E-state index contributed by atoms with van der Waals surface area (Å²) in [4.78, 5) is 11.7. The van der Waals surface area contributed by atoms with Gasteiger partial charge in [-0.3, -0.25) is 0 Å². The maximum atomic E-state index is 11.8. The summed E-state index contributed by atoms with van der Waals surface area (Å²) in [6.45, 7) is -0.982. The van der Waals surface area contributed by atoms with Crippen LogP contribution in [0.4, 0.5) is 13.6 Å². The van der Waals surface area contributed by atoms with E-state index in [2.05, 4.69) is 0 Å². The molecular formula is C8H13F2NO4. The Kier molecular flexibility index (Phi) is 4.22. The van der Waals surface area contributed by atoms with Crippen molar-refractivity contribution in [3.63, 3.8) is 0 Å². The molecule has 1 heterocycles. The lowest BCUT2D eigenvalue weighted by Gasteiger charge is -2.18. The van der Waals surface area contributed by atoms with Crippen molar-refractivity contribution < 1.29 is 28.5 Å². The monoisotopic (exact) mass is 225 g/mol. The minimum Gasteiger partial charge on any atom is -0.465 e. The van der Waals surface area contributed by atoms with E-state index < -0.39 is 31.3 Å². The van der Waals surface area contributed by atoms with E-state index in [1.807, 2.05) is 0 Å². The summed E-state index contributed by atoms with van der Waals surface area (Å²) in [6.07, 6.45) is -4.02. The highest BCUT2D eigenvalue weighted by Crippen LogP contribution is 2.20. The van der Waals surface area contributed by atoms with Crippen LogP contribution in [0.2, 0.25) is 0 Å². The average molecular weight is 225 g/mol. The minimum absolute atomic E-state index is 0.0350. The molecule has 0 aromatic rings. The number of carbonyl (C=O) groups is 1. The largest absolute Gasteiger partial charge is 0.465 e. The molecule has 7 heteroatoms. The second kappa shape index (κ2) is 5.22. The third kappa shape index (κ3) is 3.28. The van der Waals surface area contributed by atoms with Crippen LogP contribution < -0.4 is 0 Å². The Labute approximate surface area is 85.2 Å². The van der Waals surface area contributed by atoms with E-state index in [4.69, 9.17) is 14.9 Å². The summed E-state index contributed by atoms with van der Waals surface area (Å²) >= 11 is 0. The van der Waals surface area contributed by atoms with Gasteiger partial charge in [0.05, 0.1) is 25.3 Å². The van der Waals surface area contributed by atoms with Gasteiger partial charge in [0.15, 0.2) is 0 Å². The summed E-state index contributed by atoms with van der Waals surface area (Å²) in [5.41, 5.74) is 0. The topological polar surface area (TPSA) is 70.0 Å². The van der Waals surface area contributed by atoms with Crippen molar-refractivity contribution in [2.45, 2.75) is 25.0 Å². The van der Waals surface area contributed by atoms with Crippen molar-refractivity contribution in [3.8, 4) is 0 Å². The van der Waals surface area contributed by atoms with Gasteiger partial charge in [-0.25, -0.2) is 13.6 Å². The van der Waals surface area contributed by atoms with Gasteiger partial charge in [0.25, 0.3) is 6.43 Å². The maximum Gasteiger partial charge on any atom is 0.407 e. The number of alkyl halides is 2. The van der Waals surface area contributed by atoms with Gasteiger partial charge >= 0.3 is 6.09 Å². The number of hydrogen-bond donors (Lipinski definition) is 2. The van der Waals surface area contributed by atoms with Crippen molar-refractivity contribution in [3.05, 3.63) is 0 Å². The van der Waals surface area contributed by atoms with Crippen LogP contribution in [0.15, 0.2) is 0 Å². The number of aliphatic hydroxyl groups is 1. The lowest BCUT2D eigenvalue weighted by atomic mass is 10.2. The summed E-state index contributed by atoms with van der Waals surface area (Å²) in [5, 5.41) is 17.6. The molecule has 5 nitrogen and oxygen atoms in total. The second-order valence-corrected chi connectivity index (χ2v) is 3.35. The van der Waals surface area contributed by atoms with Crippen molar-refractivity contribution in [2.75, 3.05) is 19.8 Å². The first kappa shape index (κ1) is 12.1. The zero-order chi connectivity index (χ0) is 11.4. The van der Waals surface area contributed by atoms with E-state index in [-0.39, 0.29) is 19.6 Å². The zero-order valence-electron chi connectivity index (χ0n) is 7.97. The molecule has 88 valence electrons. The number of aliphatic hydroxyl groups excluding tert-OH is 1. The summed E-state index contributed by atoms with van der Waals surface area (Å²) in [6, 6.07) is -0.551. The number of halogens is 2. The molecule has 0 radical (unpaired) electrons. The van der Waals surface area contributed by atoms with Crippen LogP contribution in [-0.2, 0) is 4.74 Å². The smallest absolute Gasteiger partial charge is 0.407 e. The highest BCUT2D eigenvalue weighted by Gasteiger charge is 2.35. The van der Waals surface area contributed by atoms with E-state index >= 15 is 0 Å². The second-order valence-electron chi connectivity index (χ2n) is 3.35. The van der Waals surface area contributed by atoms with Crippen molar-refractivity contribution >= 4 is 6.09 Å². The Morgan fingerprint density at radius 3 is 2.67 bits per heavy atom. The third-order valence-electron chi connectivity index (χ3n) is 2.29. The average Bonchev–Trinajstić information content (AvgIpc) is 2.57. The molecule has 1 aliphatic rings. The predicted octanol–water partition coefficient (Wildman–Crippen LogP) is 0.381. The van der Waals surface area contributed by atoms with E-state index in [1.165, 1.54) is 0 Å². The molecule has 0 saturated carbocycles. The molecule has 1 fully saturated rings. The summed E-state index contributed by atoms with van der Waals surface area (Å²) in [7, 11) is 0. The van der Waals surface area contributed by atoms with Gasteiger partial charge in [-0.05, 0) is 6.42 Å². The molecule has 1 amide bonds. The fourth-order valence-electron chi connectivity index (χ4n) is 1.61. The number of amides is 1. The van der Waals surface area contributed by atoms with E-state index in [9.17, 15) is 13.6 Å². The molecule has 1 aliphatic heterocycles. The number of ether oxygens (including phenoxy) is 1. The Morgan fingerprint density at radius 2 is 2.27 bits per heavy atom. The summed E-state index contributed by atoms with van der Waals surface area (Å²) < 4.78 is 28.4. The van der Waals surface area contributed by atoms with Crippen LogP contribution in [-0.4, -0.2) is 59.5 Å². The fourth-order valence-corrected chi connectivity index (χ4v) is 1.61. The molecule has 1 saturated heterocycles. The molecule has 0 aromatic carbocycles. The molecule has 0 aromatic heterocycles. The fraction of sp³-hybridized carbons (Fsp3) is 0.875. The van der Waals surface area contributed by atoms with E-state index in [0.717, 1.165) is 4.90 Å². The Hall–Kier alpha value is -0.950. The first-order valence-corrected chi connectivity index (χ1v) is 4.54. The molecule has 0 aliphatic carbocycles. The van der Waals surface area contributed by atoms with Gasteiger partial charge in [-0.2, -0.15) is 0 Å². The zero-order valence-corrected chi connectivity index (χ0v) is 7.97. The third-order valence-corrected chi connectivity index (χ3v) is 2.29. The first-order valence-electron chi connectivity index (χ1n) is 4.54. The minimum atomic E-state index is -2.56. The van der Waals surface area contributed by atoms with Crippen molar-refractivity contribution in [1.82, 2.24) is 4.90 Å². The Balaban J connectivity index is 2.42. The van der Waals surface area contributed by atoms with Crippen LogP contribution in [0.3, 0.4) is 0 Å². The number of rotatable bonds is 4.